The normalized spacial score (nSPS) is 10.8. The van der Waals surface area contributed by atoms with Crippen LogP contribution in [0.3, 0.4) is 0 Å². The Hall–Kier alpha value is -1.09. The lowest BCUT2D eigenvalue weighted by atomic mass is 10.4. The minimum absolute atomic E-state index is 0.955. The maximum atomic E-state index is 4.26. The molecule has 14 heavy (non-hydrogen) atoms. The van der Waals surface area contributed by atoms with Gasteiger partial charge in [-0.15, -0.1) is 11.3 Å². The summed E-state index contributed by atoms with van der Waals surface area (Å²) in [4.78, 5) is 5.59. The summed E-state index contributed by atoms with van der Waals surface area (Å²) < 4.78 is 2.31. The molecule has 0 N–H and O–H groups in total. The SMILES string of the molecule is Cc1ncc(Cn2c(C)ccc2C)s1. The average molecular weight is 206 g/mol. The zero-order chi connectivity index (χ0) is 10.1. The van der Waals surface area contributed by atoms with Crippen LogP contribution in [-0.4, -0.2) is 9.55 Å². The summed E-state index contributed by atoms with van der Waals surface area (Å²) in [5, 5.41) is 1.14. The number of aryl methyl sites for hydroxylation is 3. The molecule has 0 aromatic carbocycles. The van der Waals surface area contributed by atoms with Crippen LogP contribution in [0.1, 0.15) is 21.3 Å². The van der Waals surface area contributed by atoms with Gasteiger partial charge in [-0.2, -0.15) is 0 Å². The van der Waals surface area contributed by atoms with Gasteiger partial charge in [0.2, 0.25) is 0 Å². The van der Waals surface area contributed by atoms with Crippen molar-refractivity contribution in [1.82, 2.24) is 9.55 Å². The van der Waals surface area contributed by atoms with Gasteiger partial charge in [-0.3, -0.25) is 0 Å². The lowest BCUT2D eigenvalue weighted by Crippen LogP contribution is -2.01. The Morgan fingerprint density at radius 2 is 1.86 bits per heavy atom. The van der Waals surface area contributed by atoms with Crippen LogP contribution in [0.25, 0.3) is 0 Å². The molecule has 0 spiro atoms. The van der Waals surface area contributed by atoms with E-state index in [9.17, 15) is 0 Å². The summed E-state index contributed by atoms with van der Waals surface area (Å²) in [6.45, 7) is 7.28. The predicted octanol–water partition coefficient (Wildman–Crippen LogP) is 2.92. The molecule has 2 rings (SSSR count). The molecule has 0 saturated heterocycles. The maximum Gasteiger partial charge on any atom is 0.0897 e. The molecule has 2 aromatic heterocycles. The fourth-order valence-corrected chi connectivity index (χ4v) is 2.37. The molecule has 0 amide bonds. The third kappa shape index (κ3) is 1.73. The van der Waals surface area contributed by atoms with Crippen molar-refractivity contribution in [3.63, 3.8) is 0 Å². The third-order valence-electron chi connectivity index (χ3n) is 2.40. The Balaban J connectivity index is 2.26. The number of thiazole rings is 1. The van der Waals surface area contributed by atoms with Crippen LogP contribution < -0.4 is 0 Å². The molecular formula is C11H14N2S. The van der Waals surface area contributed by atoms with Crippen molar-refractivity contribution < 1.29 is 0 Å². The standard InChI is InChI=1S/C11H14N2S/c1-8-4-5-9(2)13(8)7-11-6-12-10(3)14-11/h4-6H,7H2,1-3H3. The van der Waals surface area contributed by atoms with E-state index in [2.05, 4.69) is 35.5 Å². The van der Waals surface area contributed by atoms with E-state index in [1.165, 1.54) is 16.3 Å². The zero-order valence-electron chi connectivity index (χ0n) is 8.74. The van der Waals surface area contributed by atoms with E-state index in [1.54, 1.807) is 11.3 Å². The molecule has 0 bridgehead atoms. The highest BCUT2D eigenvalue weighted by molar-refractivity contribution is 7.11. The molecule has 2 heterocycles. The van der Waals surface area contributed by atoms with Crippen molar-refractivity contribution in [2.45, 2.75) is 27.3 Å². The fraction of sp³-hybridized carbons (Fsp3) is 0.364. The van der Waals surface area contributed by atoms with E-state index in [1.807, 2.05) is 13.1 Å². The highest BCUT2D eigenvalue weighted by atomic mass is 32.1. The summed E-state index contributed by atoms with van der Waals surface area (Å²) in [7, 11) is 0. The monoisotopic (exact) mass is 206 g/mol. The van der Waals surface area contributed by atoms with Gasteiger partial charge in [0, 0.05) is 22.5 Å². The largest absolute Gasteiger partial charge is 0.344 e. The molecule has 0 radical (unpaired) electrons. The molecule has 74 valence electrons. The van der Waals surface area contributed by atoms with Crippen molar-refractivity contribution >= 4 is 11.3 Å². The second kappa shape index (κ2) is 3.58. The Labute approximate surface area is 88.2 Å². The lowest BCUT2D eigenvalue weighted by Gasteiger charge is -2.06. The smallest absolute Gasteiger partial charge is 0.0897 e. The molecule has 3 heteroatoms. The van der Waals surface area contributed by atoms with Gasteiger partial charge in [0.25, 0.3) is 0 Å². The van der Waals surface area contributed by atoms with Crippen LogP contribution in [0.15, 0.2) is 18.3 Å². The summed E-state index contributed by atoms with van der Waals surface area (Å²) in [5.74, 6) is 0. The van der Waals surface area contributed by atoms with Crippen LogP contribution in [0.5, 0.6) is 0 Å². The minimum atomic E-state index is 0.955. The fourth-order valence-electron chi connectivity index (χ4n) is 1.58. The first-order valence-electron chi connectivity index (χ1n) is 4.71. The van der Waals surface area contributed by atoms with E-state index >= 15 is 0 Å². The number of hydrogen-bond donors (Lipinski definition) is 0. The van der Waals surface area contributed by atoms with Crippen LogP contribution in [0.4, 0.5) is 0 Å². The van der Waals surface area contributed by atoms with Gasteiger partial charge in [-0.05, 0) is 32.9 Å². The van der Waals surface area contributed by atoms with E-state index in [4.69, 9.17) is 0 Å². The molecule has 0 aliphatic carbocycles. The number of nitrogens with zero attached hydrogens (tertiary/aromatic N) is 2. The topological polar surface area (TPSA) is 17.8 Å². The van der Waals surface area contributed by atoms with Gasteiger partial charge in [0.1, 0.15) is 0 Å². The number of aromatic nitrogens is 2. The van der Waals surface area contributed by atoms with Gasteiger partial charge in [0.15, 0.2) is 0 Å². The Morgan fingerprint density at radius 1 is 1.21 bits per heavy atom. The van der Waals surface area contributed by atoms with E-state index in [0.29, 0.717) is 0 Å². The Morgan fingerprint density at radius 3 is 2.36 bits per heavy atom. The van der Waals surface area contributed by atoms with E-state index in [0.717, 1.165) is 11.6 Å². The highest BCUT2D eigenvalue weighted by Crippen LogP contribution is 2.16. The van der Waals surface area contributed by atoms with Gasteiger partial charge in [-0.1, -0.05) is 0 Å². The summed E-state index contributed by atoms with van der Waals surface area (Å²) in [6, 6.07) is 4.31. The molecule has 0 aliphatic rings. The van der Waals surface area contributed by atoms with Gasteiger partial charge < -0.3 is 4.57 Å². The quantitative estimate of drug-likeness (QED) is 0.738. The van der Waals surface area contributed by atoms with E-state index in [-0.39, 0.29) is 0 Å². The van der Waals surface area contributed by atoms with Crippen LogP contribution >= 0.6 is 11.3 Å². The first kappa shape index (κ1) is 9.46. The molecular weight excluding hydrogens is 192 g/mol. The second-order valence-electron chi connectivity index (χ2n) is 3.55. The predicted molar refractivity (Wildman–Crippen MR) is 59.9 cm³/mol. The lowest BCUT2D eigenvalue weighted by molar-refractivity contribution is 0.758. The molecule has 0 atom stereocenters. The third-order valence-corrected chi connectivity index (χ3v) is 3.30. The van der Waals surface area contributed by atoms with Crippen molar-refractivity contribution in [2.24, 2.45) is 0 Å². The first-order valence-corrected chi connectivity index (χ1v) is 5.52. The minimum Gasteiger partial charge on any atom is -0.344 e. The van der Waals surface area contributed by atoms with Crippen molar-refractivity contribution in [2.75, 3.05) is 0 Å². The number of rotatable bonds is 2. The van der Waals surface area contributed by atoms with Crippen molar-refractivity contribution in [1.29, 1.82) is 0 Å². The maximum absolute atomic E-state index is 4.26. The van der Waals surface area contributed by atoms with Gasteiger partial charge in [-0.25, -0.2) is 4.98 Å². The molecule has 0 aliphatic heterocycles. The second-order valence-corrected chi connectivity index (χ2v) is 4.87. The summed E-state index contributed by atoms with van der Waals surface area (Å²) >= 11 is 1.77. The van der Waals surface area contributed by atoms with Crippen molar-refractivity contribution in [3.8, 4) is 0 Å². The van der Waals surface area contributed by atoms with Crippen LogP contribution in [-0.2, 0) is 6.54 Å². The Bertz CT molecular complexity index is 420. The summed E-state index contributed by atoms with van der Waals surface area (Å²) in [5.41, 5.74) is 2.63. The Kier molecular flexibility index (Phi) is 2.42. The number of hydrogen-bond acceptors (Lipinski definition) is 2. The zero-order valence-corrected chi connectivity index (χ0v) is 9.56. The van der Waals surface area contributed by atoms with Crippen LogP contribution in [0.2, 0.25) is 0 Å². The van der Waals surface area contributed by atoms with Gasteiger partial charge in [0.05, 0.1) is 11.6 Å². The molecule has 2 aromatic rings. The molecule has 2 nitrogen and oxygen atoms in total. The molecule has 0 saturated carbocycles. The molecule has 0 fully saturated rings. The highest BCUT2D eigenvalue weighted by Gasteiger charge is 2.03. The summed E-state index contributed by atoms with van der Waals surface area (Å²) in [6.07, 6.45) is 1.97. The average Bonchev–Trinajstić information content (AvgIpc) is 2.67. The molecule has 0 unspecified atom stereocenters. The van der Waals surface area contributed by atoms with E-state index < -0.39 is 0 Å². The van der Waals surface area contributed by atoms with Crippen molar-refractivity contribution in [3.05, 3.63) is 39.6 Å². The van der Waals surface area contributed by atoms with Crippen LogP contribution in [0, 0.1) is 20.8 Å². The van der Waals surface area contributed by atoms with Gasteiger partial charge >= 0.3 is 0 Å². The first-order chi connectivity index (χ1) is 6.66.